The Bertz CT molecular complexity index is 598. The Morgan fingerprint density at radius 2 is 2.16 bits per heavy atom. The fourth-order valence-corrected chi connectivity index (χ4v) is 3.57. The highest BCUT2D eigenvalue weighted by atomic mass is 79.9. The van der Waals surface area contributed by atoms with E-state index in [2.05, 4.69) is 35.7 Å². The number of pyridine rings is 1. The van der Waals surface area contributed by atoms with Crippen molar-refractivity contribution >= 4 is 33.4 Å². The van der Waals surface area contributed by atoms with Crippen LogP contribution in [0.25, 0.3) is 0 Å². The number of nitrogens with two attached hydrogens (primary N) is 1. The van der Waals surface area contributed by atoms with Crippen LogP contribution in [0, 0.1) is 0 Å². The number of hydrogen-bond acceptors (Lipinski definition) is 5. The summed E-state index contributed by atoms with van der Waals surface area (Å²) in [5.74, 6) is 1.09. The summed E-state index contributed by atoms with van der Waals surface area (Å²) in [6.45, 7) is 0.997. The van der Waals surface area contributed by atoms with Crippen LogP contribution in [0.3, 0.4) is 0 Å². The van der Waals surface area contributed by atoms with E-state index in [9.17, 15) is 0 Å². The maximum absolute atomic E-state index is 5.70. The maximum Gasteiger partial charge on any atom is 0.197 e. The molecule has 2 aromatic heterocycles. The average molecular weight is 340 g/mol. The molecule has 7 heteroatoms. The summed E-state index contributed by atoms with van der Waals surface area (Å²) in [5, 5.41) is 10.3. The van der Waals surface area contributed by atoms with Crippen molar-refractivity contribution < 1.29 is 0 Å². The van der Waals surface area contributed by atoms with E-state index in [1.54, 1.807) is 6.20 Å². The van der Waals surface area contributed by atoms with Crippen molar-refractivity contribution in [2.45, 2.75) is 42.4 Å². The van der Waals surface area contributed by atoms with Gasteiger partial charge >= 0.3 is 0 Å². The number of fused-ring (bicyclic) bond motifs is 1. The summed E-state index contributed by atoms with van der Waals surface area (Å²) in [7, 11) is 0. The number of rotatable bonds is 2. The molecule has 5 nitrogen and oxygen atoms in total. The van der Waals surface area contributed by atoms with E-state index in [0.717, 1.165) is 33.4 Å². The third-order valence-electron chi connectivity index (χ3n) is 3.09. The molecule has 2 aromatic rings. The van der Waals surface area contributed by atoms with Crippen molar-refractivity contribution in [3.8, 4) is 0 Å². The van der Waals surface area contributed by atoms with Crippen LogP contribution in [0.15, 0.2) is 26.9 Å². The zero-order chi connectivity index (χ0) is 13.2. The highest BCUT2D eigenvalue weighted by molar-refractivity contribution is 9.10. The molecule has 1 aliphatic heterocycles. The molecule has 0 aromatic carbocycles. The molecule has 0 aliphatic carbocycles. The Morgan fingerprint density at radius 1 is 1.26 bits per heavy atom. The normalized spacial score (nSPS) is 15.0. The van der Waals surface area contributed by atoms with Crippen molar-refractivity contribution in [1.29, 1.82) is 0 Å². The van der Waals surface area contributed by atoms with Gasteiger partial charge in [0.2, 0.25) is 0 Å². The first-order valence-corrected chi connectivity index (χ1v) is 7.86. The van der Waals surface area contributed by atoms with Gasteiger partial charge in [-0.2, -0.15) is 0 Å². The van der Waals surface area contributed by atoms with E-state index >= 15 is 0 Å². The number of hydrogen-bond donors (Lipinski definition) is 1. The van der Waals surface area contributed by atoms with E-state index in [-0.39, 0.29) is 0 Å². The van der Waals surface area contributed by atoms with Gasteiger partial charge in [0.05, 0.1) is 16.4 Å². The fraction of sp³-hybridized carbons (Fsp3) is 0.417. The quantitative estimate of drug-likeness (QED) is 0.910. The Kier molecular flexibility index (Phi) is 3.74. The minimum absolute atomic E-state index is 0.649. The number of halogens is 1. The number of anilines is 1. The fourth-order valence-electron chi connectivity index (χ4n) is 2.14. The zero-order valence-electron chi connectivity index (χ0n) is 10.3. The second kappa shape index (κ2) is 5.50. The molecule has 100 valence electrons. The minimum atomic E-state index is 0.649. The summed E-state index contributed by atoms with van der Waals surface area (Å²) in [6, 6.07) is 1.86. The molecule has 0 unspecified atom stereocenters. The number of nitrogen functional groups attached to an aromatic ring is 1. The lowest BCUT2D eigenvalue weighted by molar-refractivity contribution is 0.590. The third-order valence-corrected chi connectivity index (χ3v) is 4.96. The SMILES string of the molecule is Nc1cnc(Sc2nnc3n2CCCCC3)c(Br)c1. The molecule has 0 radical (unpaired) electrons. The van der Waals surface area contributed by atoms with Crippen molar-refractivity contribution in [2.75, 3.05) is 5.73 Å². The van der Waals surface area contributed by atoms with Crippen LogP contribution in [0.1, 0.15) is 25.1 Å². The van der Waals surface area contributed by atoms with Crippen LogP contribution >= 0.6 is 27.7 Å². The van der Waals surface area contributed by atoms with Gasteiger partial charge in [0.15, 0.2) is 5.16 Å². The molecule has 0 spiro atoms. The second-order valence-corrected chi connectivity index (χ2v) is 6.33. The molecule has 0 amide bonds. The van der Waals surface area contributed by atoms with Gasteiger partial charge in [-0.05, 0) is 46.6 Å². The smallest absolute Gasteiger partial charge is 0.197 e. The van der Waals surface area contributed by atoms with Crippen LogP contribution < -0.4 is 5.73 Å². The summed E-state index contributed by atoms with van der Waals surface area (Å²) < 4.78 is 3.10. The van der Waals surface area contributed by atoms with Gasteiger partial charge in [-0.15, -0.1) is 10.2 Å². The summed E-state index contributed by atoms with van der Waals surface area (Å²) in [4.78, 5) is 4.34. The van der Waals surface area contributed by atoms with Crippen LogP contribution in [0.4, 0.5) is 5.69 Å². The summed E-state index contributed by atoms with van der Waals surface area (Å²) in [6.07, 6.45) is 6.33. The lowest BCUT2D eigenvalue weighted by atomic mass is 10.2. The molecule has 1 aliphatic rings. The predicted octanol–water partition coefficient (Wildman–Crippen LogP) is 2.90. The Morgan fingerprint density at radius 3 is 3.00 bits per heavy atom. The number of aryl methyl sites for hydroxylation is 1. The van der Waals surface area contributed by atoms with Gasteiger partial charge in [0, 0.05) is 13.0 Å². The second-order valence-electron chi connectivity index (χ2n) is 4.52. The Labute approximate surface area is 124 Å². The van der Waals surface area contributed by atoms with E-state index in [1.165, 1.54) is 31.0 Å². The van der Waals surface area contributed by atoms with E-state index < -0.39 is 0 Å². The van der Waals surface area contributed by atoms with E-state index in [0.29, 0.717) is 5.69 Å². The molecule has 2 N–H and O–H groups in total. The minimum Gasteiger partial charge on any atom is -0.397 e. The van der Waals surface area contributed by atoms with Crippen molar-refractivity contribution in [3.05, 3.63) is 22.6 Å². The molecular formula is C12H14BrN5S. The molecule has 0 bridgehead atoms. The first-order valence-electron chi connectivity index (χ1n) is 6.25. The topological polar surface area (TPSA) is 69.6 Å². The van der Waals surface area contributed by atoms with Crippen molar-refractivity contribution in [1.82, 2.24) is 19.7 Å². The van der Waals surface area contributed by atoms with Gasteiger partial charge < -0.3 is 10.3 Å². The molecule has 0 saturated carbocycles. The van der Waals surface area contributed by atoms with Gasteiger partial charge in [-0.3, -0.25) is 0 Å². The highest BCUT2D eigenvalue weighted by Crippen LogP contribution is 2.32. The van der Waals surface area contributed by atoms with Crippen molar-refractivity contribution in [2.24, 2.45) is 0 Å². The van der Waals surface area contributed by atoms with Crippen molar-refractivity contribution in [3.63, 3.8) is 0 Å². The van der Waals surface area contributed by atoms with Crippen LogP contribution in [-0.4, -0.2) is 19.7 Å². The Balaban J connectivity index is 1.89. The van der Waals surface area contributed by atoms with Crippen LogP contribution in [-0.2, 0) is 13.0 Å². The average Bonchev–Trinajstić information content (AvgIpc) is 2.61. The van der Waals surface area contributed by atoms with Gasteiger partial charge in [0.1, 0.15) is 10.9 Å². The summed E-state index contributed by atoms with van der Waals surface area (Å²) >= 11 is 5.01. The molecule has 0 saturated heterocycles. The Hall–Kier alpha value is -1.08. The molecule has 0 fully saturated rings. The molecule has 3 rings (SSSR count). The number of nitrogens with zero attached hydrogens (tertiary/aromatic N) is 4. The monoisotopic (exact) mass is 339 g/mol. The standard InChI is InChI=1S/C12H14BrN5S/c13-9-6-8(14)7-15-11(9)19-12-17-16-10-4-2-1-3-5-18(10)12/h6-7H,1-5,14H2. The molecule has 19 heavy (non-hydrogen) atoms. The first kappa shape index (κ1) is 12.9. The van der Waals surface area contributed by atoms with Gasteiger partial charge in [0.25, 0.3) is 0 Å². The van der Waals surface area contributed by atoms with Crippen LogP contribution in [0.2, 0.25) is 0 Å². The zero-order valence-corrected chi connectivity index (χ0v) is 12.7. The maximum atomic E-state index is 5.70. The first-order chi connectivity index (χ1) is 9.24. The highest BCUT2D eigenvalue weighted by Gasteiger charge is 2.17. The van der Waals surface area contributed by atoms with E-state index in [1.807, 2.05) is 6.07 Å². The largest absolute Gasteiger partial charge is 0.397 e. The molecular weight excluding hydrogens is 326 g/mol. The van der Waals surface area contributed by atoms with Crippen LogP contribution in [0.5, 0.6) is 0 Å². The third kappa shape index (κ3) is 2.76. The molecule has 0 atom stereocenters. The lowest BCUT2D eigenvalue weighted by Gasteiger charge is -2.07. The van der Waals surface area contributed by atoms with Gasteiger partial charge in [-0.1, -0.05) is 6.42 Å². The molecule has 3 heterocycles. The van der Waals surface area contributed by atoms with Gasteiger partial charge in [-0.25, -0.2) is 4.98 Å². The van der Waals surface area contributed by atoms with E-state index in [4.69, 9.17) is 5.73 Å². The predicted molar refractivity (Wildman–Crippen MR) is 78.0 cm³/mol. The lowest BCUT2D eigenvalue weighted by Crippen LogP contribution is -2.02. The number of aromatic nitrogens is 4. The summed E-state index contributed by atoms with van der Waals surface area (Å²) in [5.41, 5.74) is 6.35.